The number of thioether (sulfide) groups is 1. The summed E-state index contributed by atoms with van der Waals surface area (Å²) in [4.78, 5) is 4.21. The Hall–Kier alpha value is -0.0200. The van der Waals surface area contributed by atoms with Crippen LogP contribution in [0, 0.1) is 0 Å². The third-order valence-electron chi connectivity index (χ3n) is 1.79. The first-order chi connectivity index (χ1) is 4.88. The van der Waals surface area contributed by atoms with E-state index in [0.717, 1.165) is 6.54 Å². The van der Waals surface area contributed by atoms with Gasteiger partial charge in [-0.1, -0.05) is 0 Å². The van der Waals surface area contributed by atoms with Crippen LogP contribution in [0.3, 0.4) is 0 Å². The van der Waals surface area contributed by atoms with Crippen molar-refractivity contribution in [1.29, 1.82) is 0 Å². The molecule has 1 saturated heterocycles. The highest BCUT2D eigenvalue weighted by atomic mass is 32.2. The molecule has 1 aliphatic heterocycles. The molecular weight excluding hydrogens is 144 g/mol. The molecule has 3 heteroatoms. The van der Waals surface area contributed by atoms with Crippen molar-refractivity contribution in [3.8, 4) is 0 Å². The standard InChI is InChI=1S/C7H14N2S/c1-8-7(10-2)6-4-3-5-9-6/h6,9H,3-5H2,1-2H3. The van der Waals surface area contributed by atoms with Gasteiger partial charge in [0.15, 0.2) is 0 Å². The minimum atomic E-state index is 0.556. The molecule has 0 spiro atoms. The zero-order valence-electron chi connectivity index (χ0n) is 6.55. The summed E-state index contributed by atoms with van der Waals surface area (Å²) in [7, 11) is 1.87. The highest BCUT2D eigenvalue weighted by molar-refractivity contribution is 8.13. The second kappa shape index (κ2) is 3.98. The van der Waals surface area contributed by atoms with Crippen molar-refractivity contribution < 1.29 is 0 Å². The summed E-state index contributed by atoms with van der Waals surface area (Å²) in [6.07, 6.45) is 4.64. The molecule has 0 aromatic carbocycles. The molecule has 1 rings (SSSR count). The highest BCUT2D eigenvalue weighted by Gasteiger charge is 2.18. The van der Waals surface area contributed by atoms with Crippen LogP contribution >= 0.6 is 11.8 Å². The summed E-state index contributed by atoms with van der Waals surface area (Å²) < 4.78 is 0. The fourth-order valence-corrected chi connectivity index (χ4v) is 1.95. The predicted octanol–water partition coefficient (Wildman–Crippen LogP) is 1.13. The topological polar surface area (TPSA) is 24.4 Å². The van der Waals surface area contributed by atoms with Crippen LogP contribution in [0.15, 0.2) is 4.99 Å². The van der Waals surface area contributed by atoms with Gasteiger partial charge in [-0.2, -0.15) is 0 Å². The van der Waals surface area contributed by atoms with E-state index in [1.54, 1.807) is 11.8 Å². The molecule has 10 heavy (non-hydrogen) atoms. The number of aliphatic imine (C=N–C) groups is 1. The Morgan fingerprint density at radius 3 is 2.90 bits per heavy atom. The fourth-order valence-electron chi connectivity index (χ4n) is 1.28. The predicted molar refractivity (Wildman–Crippen MR) is 47.9 cm³/mol. The number of hydrogen-bond acceptors (Lipinski definition) is 3. The monoisotopic (exact) mass is 158 g/mol. The van der Waals surface area contributed by atoms with E-state index in [9.17, 15) is 0 Å². The molecule has 0 aliphatic carbocycles. The van der Waals surface area contributed by atoms with Gasteiger partial charge in [0.05, 0.1) is 11.1 Å². The van der Waals surface area contributed by atoms with E-state index in [-0.39, 0.29) is 0 Å². The maximum absolute atomic E-state index is 4.21. The smallest absolute Gasteiger partial charge is 0.0839 e. The number of rotatable bonds is 1. The second-order valence-electron chi connectivity index (χ2n) is 2.41. The largest absolute Gasteiger partial charge is 0.308 e. The number of nitrogens with one attached hydrogen (secondary N) is 1. The number of nitrogens with zero attached hydrogens (tertiary/aromatic N) is 1. The Morgan fingerprint density at radius 2 is 2.50 bits per heavy atom. The third-order valence-corrected chi connectivity index (χ3v) is 2.67. The third kappa shape index (κ3) is 1.73. The average Bonchev–Trinajstić information content (AvgIpc) is 2.43. The molecular formula is C7H14N2S. The van der Waals surface area contributed by atoms with Crippen molar-refractivity contribution in [1.82, 2.24) is 5.32 Å². The highest BCUT2D eigenvalue weighted by Crippen LogP contribution is 2.12. The van der Waals surface area contributed by atoms with Crippen LogP contribution < -0.4 is 5.32 Å². The molecule has 2 nitrogen and oxygen atoms in total. The Labute approximate surface area is 66.5 Å². The lowest BCUT2D eigenvalue weighted by atomic mass is 10.2. The van der Waals surface area contributed by atoms with Crippen molar-refractivity contribution in [3.63, 3.8) is 0 Å². The van der Waals surface area contributed by atoms with Crippen molar-refractivity contribution >= 4 is 16.8 Å². The first-order valence-electron chi connectivity index (χ1n) is 3.62. The van der Waals surface area contributed by atoms with Gasteiger partial charge in [-0.05, 0) is 25.6 Å². The molecule has 1 N–H and O–H groups in total. The molecule has 1 fully saturated rings. The lowest BCUT2D eigenvalue weighted by Gasteiger charge is -2.09. The van der Waals surface area contributed by atoms with Gasteiger partial charge in [0.1, 0.15) is 0 Å². The summed E-state index contributed by atoms with van der Waals surface area (Å²) in [5, 5.41) is 4.65. The van der Waals surface area contributed by atoms with Crippen molar-refractivity contribution in [3.05, 3.63) is 0 Å². The Kier molecular flexibility index (Phi) is 3.22. The van der Waals surface area contributed by atoms with E-state index >= 15 is 0 Å². The molecule has 0 saturated carbocycles. The van der Waals surface area contributed by atoms with Gasteiger partial charge >= 0.3 is 0 Å². The van der Waals surface area contributed by atoms with E-state index in [0.29, 0.717) is 6.04 Å². The quantitative estimate of drug-likeness (QED) is 0.457. The molecule has 0 amide bonds. The lowest BCUT2D eigenvalue weighted by Crippen LogP contribution is -2.28. The minimum absolute atomic E-state index is 0.556. The summed E-state index contributed by atoms with van der Waals surface area (Å²) >= 11 is 1.75. The van der Waals surface area contributed by atoms with Crippen molar-refractivity contribution in [2.75, 3.05) is 19.8 Å². The Morgan fingerprint density at radius 1 is 1.70 bits per heavy atom. The first-order valence-corrected chi connectivity index (χ1v) is 4.85. The van der Waals surface area contributed by atoms with Crippen molar-refractivity contribution in [2.45, 2.75) is 18.9 Å². The molecule has 1 unspecified atom stereocenters. The van der Waals surface area contributed by atoms with E-state index in [4.69, 9.17) is 0 Å². The van der Waals surface area contributed by atoms with Gasteiger partial charge < -0.3 is 5.32 Å². The molecule has 58 valence electrons. The fraction of sp³-hybridized carbons (Fsp3) is 0.857. The maximum Gasteiger partial charge on any atom is 0.0839 e. The van der Waals surface area contributed by atoms with E-state index in [1.807, 2.05) is 7.05 Å². The molecule has 1 atom stereocenters. The average molecular weight is 158 g/mol. The maximum atomic E-state index is 4.21. The van der Waals surface area contributed by atoms with Gasteiger partial charge in [-0.25, -0.2) is 0 Å². The van der Waals surface area contributed by atoms with Gasteiger partial charge in [-0.3, -0.25) is 4.99 Å². The normalized spacial score (nSPS) is 27.4. The van der Waals surface area contributed by atoms with Crippen LogP contribution in [0.4, 0.5) is 0 Å². The van der Waals surface area contributed by atoms with E-state index in [1.165, 1.54) is 17.9 Å². The second-order valence-corrected chi connectivity index (χ2v) is 3.24. The molecule has 0 radical (unpaired) electrons. The van der Waals surface area contributed by atoms with Gasteiger partial charge in [0.2, 0.25) is 0 Å². The van der Waals surface area contributed by atoms with Crippen LogP contribution in [-0.4, -0.2) is 30.9 Å². The summed E-state index contributed by atoms with van der Waals surface area (Å²) in [5.74, 6) is 0. The van der Waals surface area contributed by atoms with Gasteiger partial charge in [0.25, 0.3) is 0 Å². The summed E-state index contributed by atoms with van der Waals surface area (Å²) in [6.45, 7) is 1.16. The minimum Gasteiger partial charge on any atom is -0.308 e. The molecule has 1 heterocycles. The molecule has 1 aliphatic rings. The van der Waals surface area contributed by atoms with Crippen LogP contribution in [0.25, 0.3) is 0 Å². The Balaban J connectivity index is 2.45. The molecule has 0 aromatic rings. The SMILES string of the molecule is CN=C(SC)C1CCCN1. The Bertz CT molecular complexity index is 128. The first kappa shape index (κ1) is 8.08. The summed E-state index contributed by atoms with van der Waals surface area (Å²) in [6, 6.07) is 0.556. The number of hydrogen-bond donors (Lipinski definition) is 1. The van der Waals surface area contributed by atoms with Crippen molar-refractivity contribution in [2.24, 2.45) is 4.99 Å². The van der Waals surface area contributed by atoms with Gasteiger partial charge in [0, 0.05) is 7.05 Å². The van der Waals surface area contributed by atoms with Crippen LogP contribution in [0.5, 0.6) is 0 Å². The summed E-state index contributed by atoms with van der Waals surface area (Å²) in [5.41, 5.74) is 0. The van der Waals surface area contributed by atoms with E-state index in [2.05, 4.69) is 16.6 Å². The van der Waals surface area contributed by atoms with Crippen LogP contribution in [-0.2, 0) is 0 Å². The zero-order valence-corrected chi connectivity index (χ0v) is 7.37. The van der Waals surface area contributed by atoms with Gasteiger partial charge in [-0.15, -0.1) is 11.8 Å². The van der Waals surface area contributed by atoms with E-state index < -0.39 is 0 Å². The van der Waals surface area contributed by atoms with Crippen LogP contribution in [0.2, 0.25) is 0 Å². The lowest BCUT2D eigenvalue weighted by molar-refractivity contribution is 0.770. The molecule has 0 bridgehead atoms. The zero-order chi connectivity index (χ0) is 7.40. The molecule has 0 aromatic heterocycles. The van der Waals surface area contributed by atoms with Crippen LogP contribution in [0.1, 0.15) is 12.8 Å².